The number of fused-ring (bicyclic) bond motifs is 12. The molecule has 0 N–H and O–H groups in total. The Labute approximate surface area is 766 Å². The molecule has 0 saturated heterocycles. The van der Waals surface area contributed by atoms with Crippen molar-refractivity contribution in [3.8, 4) is 163 Å². The van der Waals surface area contributed by atoms with Gasteiger partial charge in [0.1, 0.15) is 0 Å². The van der Waals surface area contributed by atoms with E-state index in [0.29, 0.717) is 34.9 Å². The minimum absolute atomic E-state index is 0.311. The molecule has 25 rings (SSSR count). The Kier molecular flexibility index (Phi) is 18.3. The number of nitrogens with zero attached hydrogens (tertiary/aromatic N) is 7. The zero-order valence-electron chi connectivity index (χ0n) is 72.6. The molecule has 0 atom stereocenters. The van der Waals surface area contributed by atoms with Crippen LogP contribution in [0.2, 0.25) is 0 Å². The molecule has 7 nitrogen and oxygen atoms in total. The molecular formula is C125H83N7. The van der Waals surface area contributed by atoms with Gasteiger partial charge in [-0.15, -0.1) is 0 Å². The van der Waals surface area contributed by atoms with Gasteiger partial charge in [0.2, 0.25) is 0 Å². The summed E-state index contributed by atoms with van der Waals surface area (Å²) in [5.41, 5.74) is 37.8. The van der Waals surface area contributed by atoms with Gasteiger partial charge in [0.05, 0.1) is 21.9 Å². The third kappa shape index (κ3) is 12.6. The fraction of sp³-hybridized carbons (Fsp3) is 0.0400. The summed E-state index contributed by atoms with van der Waals surface area (Å²) in [6.45, 7) is 4.73. The van der Waals surface area contributed by atoms with E-state index in [4.69, 9.17) is 29.9 Å². The van der Waals surface area contributed by atoms with Gasteiger partial charge in [-0.05, 0) is 236 Å². The van der Waals surface area contributed by atoms with Crippen molar-refractivity contribution in [2.24, 2.45) is 0 Å². The van der Waals surface area contributed by atoms with Crippen LogP contribution < -0.4 is 0 Å². The van der Waals surface area contributed by atoms with Gasteiger partial charge in [-0.3, -0.25) is 0 Å². The smallest absolute Gasteiger partial charge is 0.164 e. The molecule has 0 bridgehead atoms. The highest BCUT2D eigenvalue weighted by Gasteiger charge is 2.50. The Hall–Kier alpha value is -17.0. The monoisotopic (exact) mass is 1680 g/mol. The summed E-state index contributed by atoms with van der Waals surface area (Å²) in [5.74, 6) is 3.49. The van der Waals surface area contributed by atoms with E-state index < -0.39 is 10.8 Å². The highest BCUT2D eigenvalue weighted by molar-refractivity contribution is 6.11. The first-order valence-corrected chi connectivity index (χ1v) is 45.3. The van der Waals surface area contributed by atoms with E-state index in [1.165, 1.54) is 111 Å². The predicted octanol–water partition coefficient (Wildman–Crippen LogP) is 30.5. The maximum absolute atomic E-state index is 5.46. The fourth-order valence-electron chi connectivity index (χ4n) is 21.6. The number of hydrogen-bond acceptors (Lipinski definition) is 6. The molecule has 0 radical (unpaired) electrons. The molecule has 0 unspecified atom stereocenters. The normalized spacial score (nSPS) is 13.3. The van der Waals surface area contributed by atoms with E-state index in [-0.39, 0.29) is 5.41 Å². The first-order chi connectivity index (χ1) is 65.1. The zero-order valence-corrected chi connectivity index (χ0v) is 72.6. The van der Waals surface area contributed by atoms with E-state index in [0.717, 1.165) is 94.3 Å². The molecular weight excluding hydrogens is 1600 g/mol. The third-order valence-corrected chi connectivity index (χ3v) is 27.9. The van der Waals surface area contributed by atoms with Crippen LogP contribution >= 0.6 is 0 Å². The Morgan fingerprint density at radius 3 is 0.811 bits per heavy atom. The lowest BCUT2D eigenvalue weighted by Gasteiger charge is -2.35. The number of para-hydroxylation sites is 1. The largest absolute Gasteiger partial charge is 0.309 e. The first-order valence-electron chi connectivity index (χ1n) is 45.3. The maximum Gasteiger partial charge on any atom is 0.164 e. The summed E-state index contributed by atoms with van der Waals surface area (Å²) in [6, 6.07) is 171. The van der Waals surface area contributed by atoms with Crippen molar-refractivity contribution >= 4 is 21.8 Å². The van der Waals surface area contributed by atoms with Gasteiger partial charge in [-0.2, -0.15) is 0 Å². The molecule has 618 valence electrons. The highest BCUT2D eigenvalue weighted by Crippen LogP contribution is 2.61. The summed E-state index contributed by atoms with van der Waals surface area (Å²) in [5, 5.41) is 2.19. The van der Waals surface area contributed by atoms with Gasteiger partial charge in [0, 0.05) is 55.3 Å². The topological polar surface area (TPSA) is 82.3 Å². The lowest BCUT2D eigenvalue weighted by molar-refractivity contribution is 0.659. The van der Waals surface area contributed by atoms with Crippen LogP contribution in [-0.2, 0) is 16.2 Å². The van der Waals surface area contributed by atoms with Gasteiger partial charge >= 0.3 is 0 Å². The number of aromatic nitrogens is 7. The van der Waals surface area contributed by atoms with E-state index in [1.54, 1.807) is 0 Å². The van der Waals surface area contributed by atoms with Crippen molar-refractivity contribution in [2.45, 2.75) is 30.1 Å². The van der Waals surface area contributed by atoms with Crippen LogP contribution in [0.5, 0.6) is 0 Å². The highest BCUT2D eigenvalue weighted by atomic mass is 15.0. The van der Waals surface area contributed by atoms with Crippen molar-refractivity contribution in [2.75, 3.05) is 0 Å². The Balaban J connectivity index is 0.576. The van der Waals surface area contributed by atoms with Crippen molar-refractivity contribution < 1.29 is 0 Å². The molecule has 7 heteroatoms. The maximum atomic E-state index is 5.46. The summed E-state index contributed by atoms with van der Waals surface area (Å²) < 4.78 is 2.40. The SMILES string of the molecule is CC1(C)c2ccc(-c3nc(-c4ccccc4)nc(-c4ccc(-c5ccc(-c6nc(-c7ccccc7)nc(-c7ccc8c(c7)c7cc(C9(c%10cc(-c%11ccccc%11)cc(-c%11ccccc%11)c%10)c%10ccccc%10-c%10ccccc%109)ccc7n8-c7ccccc7)n6)cc5)cc4)n3)cc2-c2cc(C3(c4cc(-c5ccccc5)cc(-c5ccccc5)c4)c4ccccc4-c4ccccc43)ccc21. The van der Waals surface area contributed by atoms with Crippen molar-refractivity contribution in [1.29, 1.82) is 0 Å². The molecule has 0 saturated carbocycles. The van der Waals surface area contributed by atoms with Gasteiger partial charge in [0.15, 0.2) is 34.9 Å². The summed E-state index contributed by atoms with van der Waals surface area (Å²) in [7, 11) is 0. The number of benzene rings is 19. The molecule has 19 aromatic carbocycles. The molecule has 0 fully saturated rings. The van der Waals surface area contributed by atoms with Crippen LogP contribution in [0.15, 0.2) is 467 Å². The van der Waals surface area contributed by atoms with Crippen LogP contribution in [0.25, 0.3) is 185 Å². The number of hydrogen-bond donors (Lipinski definition) is 0. The lowest BCUT2D eigenvalue weighted by Crippen LogP contribution is -2.29. The van der Waals surface area contributed by atoms with E-state index in [1.807, 2.05) is 36.4 Å². The molecule has 3 aliphatic rings. The van der Waals surface area contributed by atoms with Crippen LogP contribution in [0.4, 0.5) is 0 Å². The first kappa shape index (κ1) is 77.4. The van der Waals surface area contributed by atoms with Crippen LogP contribution in [0, 0.1) is 0 Å². The molecule has 0 spiro atoms. The van der Waals surface area contributed by atoms with Gasteiger partial charge in [-0.1, -0.05) is 390 Å². The van der Waals surface area contributed by atoms with E-state index in [9.17, 15) is 0 Å². The van der Waals surface area contributed by atoms with Gasteiger partial charge in [0.25, 0.3) is 0 Å². The number of rotatable bonds is 16. The van der Waals surface area contributed by atoms with Gasteiger partial charge in [-0.25, -0.2) is 29.9 Å². The van der Waals surface area contributed by atoms with Crippen molar-refractivity contribution in [3.63, 3.8) is 0 Å². The zero-order chi connectivity index (χ0) is 87.6. The second kappa shape index (κ2) is 31.2. The van der Waals surface area contributed by atoms with Crippen molar-refractivity contribution in [1.82, 2.24) is 34.5 Å². The minimum atomic E-state index is -0.737. The molecule has 3 aromatic heterocycles. The Morgan fingerprint density at radius 2 is 0.424 bits per heavy atom. The van der Waals surface area contributed by atoms with Crippen molar-refractivity contribution in [3.05, 3.63) is 523 Å². The Morgan fingerprint density at radius 1 is 0.167 bits per heavy atom. The predicted molar refractivity (Wildman–Crippen MR) is 540 cm³/mol. The molecule has 3 aliphatic carbocycles. The van der Waals surface area contributed by atoms with E-state index >= 15 is 0 Å². The molecule has 3 heterocycles. The quantitative estimate of drug-likeness (QED) is 0.0959. The van der Waals surface area contributed by atoms with Crippen LogP contribution in [-0.4, -0.2) is 34.5 Å². The Bertz CT molecular complexity index is 8090. The lowest BCUT2D eigenvalue weighted by atomic mass is 9.66. The molecule has 0 aliphatic heterocycles. The average molecular weight is 1680 g/mol. The minimum Gasteiger partial charge on any atom is -0.309 e. The van der Waals surface area contributed by atoms with Gasteiger partial charge < -0.3 is 4.57 Å². The van der Waals surface area contributed by atoms with E-state index in [2.05, 4.69) is 449 Å². The second-order valence-corrected chi connectivity index (χ2v) is 35.5. The average Bonchev–Trinajstić information content (AvgIpc) is 1.53. The summed E-state index contributed by atoms with van der Waals surface area (Å²) in [4.78, 5) is 32.2. The second-order valence-electron chi connectivity index (χ2n) is 35.5. The standard InChI is InChI=1S/C125H83N7/c1-123(2)109-66-62-90(76-105(109)106-78-96(64-67-110(106)123)124(111-50-28-24-46-101(111)102-47-25-29-51-112(102)124)98-72-92(80-32-10-3-11-33-80)70-93(73-98)81-34-12-4-13-35-81)121-128-117(86-40-18-7-19-41-86)126-119(130-121)88-58-54-84(55-59-88)85-56-60-89(61-57-85)120-127-118(87-42-20-8-21-43-87)129-122(131-120)91-63-68-115-107(77-91)108-79-97(65-69-116(108)132(115)100-44-22-9-23-45-100)125(113-52-30-26-48-103(113)104-49-27-31-53-114(104)125)99-74-94(82-36-14-5-15-37-82)71-95(75-99)83-38-16-6-17-39-83/h3-79H,1-2H3. The molecule has 0 amide bonds. The molecule has 132 heavy (non-hydrogen) atoms. The van der Waals surface area contributed by atoms with Crippen LogP contribution in [0.1, 0.15) is 69.5 Å². The summed E-state index contributed by atoms with van der Waals surface area (Å²) >= 11 is 0. The molecule has 22 aromatic rings. The summed E-state index contributed by atoms with van der Waals surface area (Å²) in [6.07, 6.45) is 0. The fourth-order valence-corrected chi connectivity index (χ4v) is 21.6. The van der Waals surface area contributed by atoms with Crippen LogP contribution in [0.3, 0.4) is 0 Å². The third-order valence-electron chi connectivity index (χ3n) is 27.9.